The van der Waals surface area contributed by atoms with Crippen LogP contribution in [0.15, 0.2) is 9.64 Å². The van der Waals surface area contributed by atoms with Crippen molar-refractivity contribution in [2.75, 3.05) is 0 Å². The molecule has 1 rings (SSSR count). The third-order valence-electron chi connectivity index (χ3n) is 2.37. The number of aromatic nitrogens is 1. The quantitative estimate of drug-likeness (QED) is 0.782. The van der Waals surface area contributed by atoms with Gasteiger partial charge in [-0.1, -0.05) is 25.6 Å². The summed E-state index contributed by atoms with van der Waals surface area (Å²) in [7, 11) is 0. The van der Waals surface area contributed by atoms with E-state index in [2.05, 4.69) is 18.8 Å². The predicted octanol–water partition coefficient (Wildman–Crippen LogP) is 2.51. The van der Waals surface area contributed by atoms with E-state index in [1.165, 1.54) is 0 Å². The summed E-state index contributed by atoms with van der Waals surface area (Å²) in [4.78, 5) is 4.31. The van der Waals surface area contributed by atoms with Gasteiger partial charge in [0.15, 0.2) is 0 Å². The van der Waals surface area contributed by atoms with Gasteiger partial charge in [0.05, 0.1) is 5.69 Å². The Bertz CT molecular complexity index is 279. The third-order valence-corrected chi connectivity index (χ3v) is 3.47. The molecule has 14 heavy (non-hydrogen) atoms. The molecule has 2 atom stereocenters. The fraction of sp³-hybridized carbons (Fsp3) is 0.700. The number of aryl methyl sites for hydroxylation is 2. The number of nitrogens with two attached hydrogens (primary N) is 1. The van der Waals surface area contributed by atoms with Crippen LogP contribution >= 0.6 is 11.8 Å². The molecule has 0 bridgehead atoms. The summed E-state index contributed by atoms with van der Waals surface area (Å²) in [6.45, 7) is 8.08. The molecule has 0 aromatic carbocycles. The van der Waals surface area contributed by atoms with Crippen molar-refractivity contribution in [1.29, 1.82) is 0 Å². The van der Waals surface area contributed by atoms with Crippen LogP contribution in [0.5, 0.6) is 0 Å². The Balaban J connectivity index is 2.60. The highest BCUT2D eigenvalue weighted by Gasteiger charge is 2.15. The van der Waals surface area contributed by atoms with E-state index in [1.54, 1.807) is 11.8 Å². The van der Waals surface area contributed by atoms with Crippen molar-refractivity contribution in [3.8, 4) is 0 Å². The van der Waals surface area contributed by atoms with Gasteiger partial charge in [-0.3, -0.25) is 0 Å². The molecule has 0 amide bonds. The molecule has 2 unspecified atom stereocenters. The summed E-state index contributed by atoms with van der Waals surface area (Å²) in [5.74, 6) is 0.893. The van der Waals surface area contributed by atoms with Crippen molar-refractivity contribution in [1.82, 2.24) is 4.98 Å². The molecule has 3 nitrogen and oxygen atoms in total. The van der Waals surface area contributed by atoms with Gasteiger partial charge >= 0.3 is 0 Å². The van der Waals surface area contributed by atoms with Crippen LogP contribution in [0.4, 0.5) is 0 Å². The van der Waals surface area contributed by atoms with Gasteiger partial charge in [0.25, 0.3) is 5.22 Å². The molecule has 0 saturated carbocycles. The van der Waals surface area contributed by atoms with Crippen molar-refractivity contribution in [3.63, 3.8) is 0 Å². The van der Waals surface area contributed by atoms with Crippen LogP contribution in [0.1, 0.15) is 31.7 Å². The maximum atomic E-state index is 5.92. The van der Waals surface area contributed by atoms with E-state index in [-0.39, 0.29) is 6.04 Å². The molecule has 0 aliphatic carbocycles. The molecule has 1 aromatic rings. The zero-order valence-corrected chi connectivity index (χ0v) is 10.0. The molecule has 0 aliphatic heterocycles. The monoisotopic (exact) mass is 214 g/mol. The second-order valence-corrected chi connectivity index (χ2v) is 4.84. The summed E-state index contributed by atoms with van der Waals surface area (Å²) < 4.78 is 5.48. The summed E-state index contributed by atoms with van der Waals surface area (Å²) in [5, 5.41) is 1.08. The number of hydrogen-bond acceptors (Lipinski definition) is 4. The minimum Gasteiger partial charge on any atom is -0.437 e. The first-order valence-electron chi connectivity index (χ1n) is 4.90. The number of thioether (sulfide) groups is 1. The average Bonchev–Trinajstić information content (AvgIpc) is 2.44. The molecule has 1 heterocycles. The van der Waals surface area contributed by atoms with Gasteiger partial charge in [0.2, 0.25) is 0 Å². The number of rotatable bonds is 4. The second kappa shape index (κ2) is 4.84. The van der Waals surface area contributed by atoms with Crippen LogP contribution in [0.25, 0.3) is 0 Å². The summed E-state index contributed by atoms with van der Waals surface area (Å²) in [6.07, 6.45) is 0.979. The van der Waals surface area contributed by atoms with Crippen molar-refractivity contribution in [3.05, 3.63) is 11.5 Å². The molecular weight excluding hydrogens is 196 g/mol. The summed E-state index contributed by atoms with van der Waals surface area (Å²) in [6, 6.07) is 0.201. The average molecular weight is 214 g/mol. The number of hydrogen-bond donors (Lipinski definition) is 1. The van der Waals surface area contributed by atoms with Gasteiger partial charge in [-0.2, -0.15) is 0 Å². The highest BCUT2D eigenvalue weighted by atomic mass is 32.2. The summed E-state index contributed by atoms with van der Waals surface area (Å²) >= 11 is 1.61. The molecule has 1 aromatic heterocycles. The van der Waals surface area contributed by atoms with E-state index in [0.29, 0.717) is 5.25 Å². The van der Waals surface area contributed by atoms with E-state index in [9.17, 15) is 0 Å². The molecule has 0 aliphatic rings. The molecule has 0 fully saturated rings. The molecule has 0 radical (unpaired) electrons. The topological polar surface area (TPSA) is 52.0 Å². The molecule has 0 spiro atoms. The number of oxazole rings is 1. The van der Waals surface area contributed by atoms with Crippen molar-refractivity contribution in [2.45, 2.75) is 50.6 Å². The Morgan fingerprint density at radius 3 is 2.57 bits per heavy atom. The van der Waals surface area contributed by atoms with Gasteiger partial charge in [-0.25, -0.2) is 4.98 Å². The Morgan fingerprint density at radius 1 is 1.50 bits per heavy atom. The van der Waals surface area contributed by atoms with E-state index >= 15 is 0 Å². The zero-order chi connectivity index (χ0) is 10.7. The van der Waals surface area contributed by atoms with Gasteiger partial charge in [-0.15, -0.1) is 0 Å². The lowest BCUT2D eigenvalue weighted by Crippen LogP contribution is -2.29. The van der Waals surface area contributed by atoms with Crippen molar-refractivity contribution >= 4 is 11.8 Å². The fourth-order valence-corrected chi connectivity index (χ4v) is 2.12. The van der Waals surface area contributed by atoms with Crippen LogP contribution in [0, 0.1) is 13.8 Å². The summed E-state index contributed by atoms with van der Waals surface area (Å²) in [5.41, 5.74) is 6.88. The Kier molecular flexibility index (Phi) is 4.01. The largest absolute Gasteiger partial charge is 0.437 e. The van der Waals surface area contributed by atoms with Gasteiger partial charge in [0, 0.05) is 11.3 Å². The van der Waals surface area contributed by atoms with Crippen LogP contribution in [0.2, 0.25) is 0 Å². The van der Waals surface area contributed by atoms with E-state index in [4.69, 9.17) is 10.2 Å². The predicted molar refractivity (Wildman–Crippen MR) is 59.6 cm³/mol. The Labute approximate surface area is 89.5 Å². The van der Waals surface area contributed by atoms with E-state index < -0.39 is 0 Å². The van der Waals surface area contributed by atoms with E-state index in [1.807, 2.05) is 13.8 Å². The molecule has 80 valence electrons. The number of nitrogens with zero attached hydrogens (tertiary/aromatic N) is 1. The van der Waals surface area contributed by atoms with Crippen molar-refractivity contribution < 1.29 is 4.42 Å². The van der Waals surface area contributed by atoms with Crippen LogP contribution in [-0.4, -0.2) is 16.3 Å². The SMILES string of the molecule is CCC(N)C(C)Sc1nc(C)c(C)o1. The lowest BCUT2D eigenvalue weighted by atomic mass is 10.2. The Hall–Kier alpha value is -0.480. The molecule has 2 N–H and O–H groups in total. The molecule has 4 heteroatoms. The first kappa shape index (κ1) is 11.6. The zero-order valence-electron chi connectivity index (χ0n) is 9.20. The third kappa shape index (κ3) is 2.75. The minimum absolute atomic E-state index is 0.201. The highest BCUT2D eigenvalue weighted by molar-refractivity contribution is 7.99. The van der Waals surface area contributed by atoms with E-state index in [0.717, 1.165) is 23.1 Å². The lowest BCUT2D eigenvalue weighted by Gasteiger charge is -2.15. The van der Waals surface area contributed by atoms with Crippen LogP contribution in [-0.2, 0) is 0 Å². The van der Waals surface area contributed by atoms with Gasteiger partial charge < -0.3 is 10.2 Å². The van der Waals surface area contributed by atoms with Gasteiger partial charge in [-0.05, 0) is 20.3 Å². The second-order valence-electron chi connectivity index (χ2n) is 3.52. The van der Waals surface area contributed by atoms with Crippen molar-refractivity contribution in [2.24, 2.45) is 5.73 Å². The van der Waals surface area contributed by atoms with Crippen LogP contribution in [0.3, 0.4) is 0 Å². The molecular formula is C10H18N2OS. The fourth-order valence-electron chi connectivity index (χ4n) is 1.07. The lowest BCUT2D eigenvalue weighted by molar-refractivity contribution is 0.429. The molecule has 0 saturated heterocycles. The Morgan fingerprint density at radius 2 is 2.14 bits per heavy atom. The minimum atomic E-state index is 0.201. The van der Waals surface area contributed by atoms with Crippen LogP contribution < -0.4 is 5.73 Å². The highest BCUT2D eigenvalue weighted by Crippen LogP contribution is 2.26. The normalized spacial score (nSPS) is 15.5. The van der Waals surface area contributed by atoms with Gasteiger partial charge in [0.1, 0.15) is 5.76 Å². The maximum Gasteiger partial charge on any atom is 0.256 e. The first-order chi connectivity index (χ1) is 6.54. The standard InChI is InChI=1S/C10H18N2OS/c1-5-9(11)8(4)14-10-12-6(2)7(3)13-10/h8-9H,5,11H2,1-4H3. The first-order valence-corrected chi connectivity index (χ1v) is 5.78. The smallest absolute Gasteiger partial charge is 0.256 e. The maximum absolute atomic E-state index is 5.92.